The van der Waals surface area contributed by atoms with Gasteiger partial charge in [-0.25, -0.2) is 0 Å². The van der Waals surface area contributed by atoms with Gasteiger partial charge in [0, 0.05) is 11.4 Å². The number of thiocarbonyl (C=S) groups is 1. The normalized spacial score (nSPS) is 19.0. The van der Waals surface area contributed by atoms with E-state index in [9.17, 15) is 4.79 Å². The first-order chi connectivity index (χ1) is 8.58. The van der Waals surface area contributed by atoms with E-state index >= 15 is 0 Å². The van der Waals surface area contributed by atoms with E-state index in [2.05, 4.69) is 16.0 Å². The first-order valence-electron chi connectivity index (χ1n) is 5.72. The predicted molar refractivity (Wildman–Crippen MR) is 76.1 cm³/mol. The summed E-state index contributed by atoms with van der Waals surface area (Å²) in [5.41, 5.74) is 2.25. The Balaban J connectivity index is 2.18. The second kappa shape index (κ2) is 5.18. The van der Waals surface area contributed by atoms with E-state index in [0.29, 0.717) is 10.7 Å². The molecular formula is C13H15N3OS. The molecule has 1 unspecified atom stereocenters. The van der Waals surface area contributed by atoms with E-state index in [0.717, 1.165) is 11.4 Å². The van der Waals surface area contributed by atoms with Crippen LogP contribution in [0.2, 0.25) is 0 Å². The third kappa shape index (κ3) is 2.68. The number of hydrogen-bond donors (Lipinski definition) is 3. The summed E-state index contributed by atoms with van der Waals surface area (Å²) in [6.07, 6.45) is 0. The lowest BCUT2D eigenvalue weighted by molar-refractivity contribution is -0.113. The molecule has 0 saturated carbocycles. The SMILES string of the molecule is CC1=C(C(=O)Nc2ccccc2)C(C)NC(=S)N1. The van der Waals surface area contributed by atoms with E-state index in [1.165, 1.54) is 0 Å². The molecule has 4 nitrogen and oxygen atoms in total. The number of para-hydroxylation sites is 1. The maximum atomic E-state index is 12.2. The molecule has 1 aliphatic rings. The van der Waals surface area contributed by atoms with E-state index in [-0.39, 0.29) is 11.9 Å². The molecule has 0 aromatic heterocycles. The van der Waals surface area contributed by atoms with Crippen molar-refractivity contribution >= 4 is 28.9 Å². The van der Waals surface area contributed by atoms with Crippen LogP contribution in [-0.2, 0) is 4.79 Å². The molecule has 0 fully saturated rings. The minimum Gasteiger partial charge on any atom is -0.356 e. The molecule has 2 rings (SSSR count). The smallest absolute Gasteiger partial charge is 0.255 e. The van der Waals surface area contributed by atoms with Crippen LogP contribution in [0.5, 0.6) is 0 Å². The Bertz CT molecular complexity index is 510. The molecular weight excluding hydrogens is 246 g/mol. The van der Waals surface area contributed by atoms with Crippen LogP contribution in [0.25, 0.3) is 0 Å². The van der Waals surface area contributed by atoms with Crippen molar-refractivity contribution in [3.05, 3.63) is 41.6 Å². The van der Waals surface area contributed by atoms with Crippen molar-refractivity contribution in [1.29, 1.82) is 0 Å². The van der Waals surface area contributed by atoms with Crippen molar-refractivity contribution in [2.24, 2.45) is 0 Å². The average Bonchev–Trinajstić information content (AvgIpc) is 2.28. The summed E-state index contributed by atoms with van der Waals surface area (Å²) >= 11 is 5.04. The van der Waals surface area contributed by atoms with Crippen LogP contribution in [0.3, 0.4) is 0 Å². The molecule has 0 saturated heterocycles. The van der Waals surface area contributed by atoms with Crippen molar-refractivity contribution in [1.82, 2.24) is 10.6 Å². The van der Waals surface area contributed by atoms with Gasteiger partial charge in [0.25, 0.3) is 5.91 Å². The van der Waals surface area contributed by atoms with Gasteiger partial charge in [0.15, 0.2) is 5.11 Å². The zero-order valence-electron chi connectivity index (χ0n) is 10.3. The second-order valence-electron chi connectivity index (χ2n) is 4.18. The Hall–Kier alpha value is -1.88. The van der Waals surface area contributed by atoms with Crippen LogP contribution < -0.4 is 16.0 Å². The highest BCUT2D eigenvalue weighted by Gasteiger charge is 2.24. The number of nitrogens with one attached hydrogen (secondary N) is 3. The Labute approximate surface area is 111 Å². The third-order valence-corrected chi connectivity index (χ3v) is 2.98. The number of amides is 1. The molecule has 0 radical (unpaired) electrons. The fourth-order valence-corrected chi connectivity index (χ4v) is 2.28. The second-order valence-corrected chi connectivity index (χ2v) is 4.59. The molecule has 18 heavy (non-hydrogen) atoms. The molecule has 1 atom stereocenters. The van der Waals surface area contributed by atoms with Crippen LogP contribution in [-0.4, -0.2) is 17.1 Å². The minimum atomic E-state index is -0.117. The van der Waals surface area contributed by atoms with Gasteiger partial charge in [-0.2, -0.15) is 0 Å². The van der Waals surface area contributed by atoms with Gasteiger partial charge in [-0.15, -0.1) is 0 Å². The number of allylic oxidation sites excluding steroid dienone is 1. The number of benzene rings is 1. The largest absolute Gasteiger partial charge is 0.356 e. The maximum absolute atomic E-state index is 12.2. The van der Waals surface area contributed by atoms with Crippen molar-refractivity contribution in [2.45, 2.75) is 19.9 Å². The molecule has 1 aliphatic heterocycles. The Morgan fingerprint density at radius 3 is 2.61 bits per heavy atom. The van der Waals surface area contributed by atoms with Gasteiger partial charge in [0.2, 0.25) is 0 Å². The Morgan fingerprint density at radius 1 is 1.33 bits per heavy atom. The number of carbonyl (C=O) groups excluding carboxylic acids is 1. The number of anilines is 1. The lowest BCUT2D eigenvalue weighted by Crippen LogP contribution is -2.49. The average molecular weight is 261 g/mol. The summed E-state index contributed by atoms with van der Waals surface area (Å²) in [7, 11) is 0. The van der Waals surface area contributed by atoms with Crippen molar-refractivity contribution in [2.75, 3.05) is 5.32 Å². The molecule has 3 N–H and O–H groups in total. The van der Waals surface area contributed by atoms with Gasteiger partial charge in [0.1, 0.15) is 0 Å². The topological polar surface area (TPSA) is 53.2 Å². The quantitative estimate of drug-likeness (QED) is 0.710. The van der Waals surface area contributed by atoms with Gasteiger partial charge >= 0.3 is 0 Å². The molecule has 0 aliphatic carbocycles. The molecule has 1 aromatic rings. The summed E-state index contributed by atoms with van der Waals surface area (Å²) in [6.45, 7) is 3.76. The monoisotopic (exact) mass is 261 g/mol. The highest BCUT2D eigenvalue weighted by atomic mass is 32.1. The summed E-state index contributed by atoms with van der Waals surface area (Å²) in [4.78, 5) is 12.2. The minimum absolute atomic E-state index is 0.0949. The van der Waals surface area contributed by atoms with E-state index in [1.54, 1.807) is 0 Å². The van der Waals surface area contributed by atoms with Crippen LogP contribution in [0.4, 0.5) is 5.69 Å². The summed E-state index contributed by atoms with van der Waals surface area (Å²) < 4.78 is 0. The lowest BCUT2D eigenvalue weighted by atomic mass is 10.0. The molecule has 5 heteroatoms. The highest BCUT2D eigenvalue weighted by Crippen LogP contribution is 2.15. The van der Waals surface area contributed by atoms with Crippen LogP contribution in [0.15, 0.2) is 41.6 Å². The Morgan fingerprint density at radius 2 is 2.00 bits per heavy atom. The van der Waals surface area contributed by atoms with Gasteiger partial charge in [-0.1, -0.05) is 18.2 Å². The van der Waals surface area contributed by atoms with Crippen LogP contribution >= 0.6 is 12.2 Å². The molecule has 1 aromatic carbocycles. The fraction of sp³-hybridized carbons (Fsp3) is 0.231. The maximum Gasteiger partial charge on any atom is 0.255 e. The van der Waals surface area contributed by atoms with Gasteiger partial charge in [0.05, 0.1) is 11.6 Å². The summed E-state index contributed by atoms with van der Waals surface area (Å²) in [5.74, 6) is -0.117. The summed E-state index contributed by atoms with van der Waals surface area (Å²) in [5, 5.41) is 9.41. The number of carbonyl (C=O) groups is 1. The molecule has 0 bridgehead atoms. The molecule has 1 amide bonds. The standard InChI is InChI=1S/C13H15N3OS/c1-8-11(9(2)15-13(18)14-8)12(17)16-10-6-4-3-5-7-10/h3-8H,1-2H3,(H,16,17)(H2,14,15,18). The van der Waals surface area contributed by atoms with Crippen molar-refractivity contribution in [3.63, 3.8) is 0 Å². The Kier molecular flexibility index (Phi) is 3.62. The first-order valence-corrected chi connectivity index (χ1v) is 6.13. The zero-order chi connectivity index (χ0) is 13.1. The molecule has 94 valence electrons. The van der Waals surface area contributed by atoms with Gasteiger partial charge in [-0.05, 0) is 38.2 Å². The zero-order valence-corrected chi connectivity index (χ0v) is 11.1. The van der Waals surface area contributed by atoms with Crippen molar-refractivity contribution in [3.8, 4) is 0 Å². The van der Waals surface area contributed by atoms with Gasteiger partial charge in [-0.3, -0.25) is 4.79 Å². The van der Waals surface area contributed by atoms with Gasteiger partial charge < -0.3 is 16.0 Å². The summed E-state index contributed by atoms with van der Waals surface area (Å²) in [6, 6.07) is 9.28. The highest BCUT2D eigenvalue weighted by molar-refractivity contribution is 7.80. The lowest BCUT2D eigenvalue weighted by Gasteiger charge is -2.27. The number of hydrogen-bond acceptors (Lipinski definition) is 2. The third-order valence-electron chi connectivity index (χ3n) is 2.76. The van der Waals surface area contributed by atoms with Crippen molar-refractivity contribution < 1.29 is 4.79 Å². The molecule has 0 spiro atoms. The first kappa shape index (κ1) is 12.6. The van der Waals surface area contributed by atoms with E-state index < -0.39 is 0 Å². The number of rotatable bonds is 2. The van der Waals surface area contributed by atoms with E-state index in [1.807, 2.05) is 44.2 Å². The molecule has 1 heterocycles. The predicted octanol–water partition coefficient (Wildman–Crippen LogP) is 1.77. The fourth-order valence-electron chi connectivity index (χ4n) is 1.95. The van der Waals surface area contributed by atoms with Crippen LogP contribution in [0.1, 0.15) is 13.8 Å². The van der Waals surface area contributed by atoms with E-state index in [4.69, 9.17) is 12.2 Å². The van der Waals surface area contributed by atoms with Crippen LogP contribution in [0, 0.1) is 0 Å².